The molecule has 1 aliphatic carbocycles. The van der Waals surface area contributed by atoms with Crippen LogP contribution in [0.5, 0.6) is 5.75 Å². The van der Waals surface area contributed by atoms with Crippen LogP contribution >= 0.6 is 0 Å². The molecule has 1 heterocycles. The van der Waals surface area contributed by atoms with Crippen LogP contribution in [0.2, 0.25) is 0 Å². The van der Waals surface area contributed by atoms with Crippen molar-refractivity contribution < 1.29 is 27.7 Å². The van der Waals surface area contributed by atoms with Gasteiger partial charge in [-0.05, 0) is 49.3 Å². The molecule has 0 spiro atoms. The minimum atomic E-state index is -2.78. The first-order valence-corrected chi connectivity index (χ1v) is 8.06. The lowest BCUT2D eigenvalue weighted by Crippen LogP contribution is -2.22. The Labute approximate surface area is 134 Å². The van der Waals surface area contributed by atoms with E-state index >= 15 is 0 Å². The number of halogens is 2. The van der Waals surface area contributed by atoms with Crippen LogP contribution in [0.3, 0.4) is 0 Å². The average Bonchev–Trinajstić information content (AvgIpc) is 3.37. The average molecular weight is 328 g/mol. The normalized spacial score (nSPS) is 27.2. The number of hydrogen-bond acceptors (Lipinski definition) is 4. The molecule has 0 N–H and O–H groups in total. The van der Waals surface area contributed by atoms with Gasteiger partial charge in [0.2, 0.25) is 0 Å². The van der Waals surface area contributed by atoms with Crippen molar-refractivity contribution in [3.8, 4) is 5.75 Å². The molecule has 128 valence electrons. The van der Waals surface area contributed by atoms with Crippen molar-refractivity contribution in [1.29, 1.82) is 0 Å². The van der Waals surface area contributed by atoms with Crippen LogP contribution in [-0.2, 0) is 14.2 Å². The van der Waals surface area contributed by atoms with Gasteiger partial charge in [-0.15, -0.1) is 0 Å². The van der Waals surface area contributed by atoms with Gasteiger partial charge in [-0.25, -0.2) is 0 Å². The smallest absolute Gasteiger partial charge is 0.387 e. The van der Waals surface area contributed by atoms with E-state index in [1.165, 1.54) is 5.56 Å². The van der Waals surface area contributed by atoms with Crippen molar-refractivity contribution in [2.24, 2.45) is 0 Å². The zero-order valence-corrected chi connectivity index (χ0v) is 13.0. The molecule has 4 nitrogen and oxygen atoms in total. The fraction of sp³-hybridized carbons (Fsp3) is 0.647. The summed E-state index contributed by atoms with van der Waals surface area (Å²) in [7, 11) is 0. The van der Waals surface area contributed by atoms with Gasteiger partial charge in [0.15, 0.2) is 0 Å². The van der Waals surface area contributed by atoms with Gasteiger partial charge in [-0.3, -0.25) is 0 Å². The minimum absolute atomic E-state index is 0.206. The fourth-order valence-corrected chi connectivity index (χ4v) is 2.97. The second-order valence-electron chi connectivity index (χ2n) is 6.03. The molecule has 1 saturated carbocycles. The molecule has 23 heavy (non-hydrogen) atoms. The lowest BCUT2D eigenvalue weighted by molar-refractivity contribution is -0.102. The Balaban J connectivity index is 1.37. The summed E-state index contributed by atoms with van der Waals surface area (Å²) >= 11 is 0. The highest BCUT2D eigenvalue weighted by atomic mass is 19.3. The first-order valence-electron chi connectivity index (χ1n) is 8.06. The van der Waals surface area contributed by atoms with Crippen LogP contribution in [-0.4, -0.2) is 38.8 Å². The molecule has 1 aromatic rings. The van der Waals surface area contributed by atoms with Gasteiger partial charge in [0.05, 0.1) is 19.3 Å². The standard InChI is InChI=1S/C17H22F2O4/c18-17(19)23-15-7-3-13(4-8-15)12-1-5-14(6-2-12)22-11-20-9-16-10-21-16/h3-4,7-8,12,14,16-17H,1-2,5-6,9-11H2. The maximum absolute atomic E-state index is 12.1. The molecule has 1 atom stereocenters. The molecule has 2 aliphatic rings. The second kappa shape index (κ2) is 8.04. The van der Waals surface area contributed by atoms with E-state index in [2.05, 4.69) is 4.74 Å². The maximum atomic E-state index is 12.1. The molecule has 2 fully saturated rings. The van der Waals surface area contributed by atoms with E-state index in [-0.39, 0.29) is 18.0 Å². The number of ether oxygens (including phenoxy) is 4. The molecule has 1 aliphatic heterocycles. The third-order valence-corrected chi connectivity index (χ3v) is 4.34. The zero-order chi connectivity index (χ0) is 16.1. The van der Waals surface area contributed by atoms with Crippen LogP contribution in [0.25, 0.3) is 0 Å². The predicted octanol–water partition coefficient (Wildman–Crippen LogP) is 3.70. The molecule has 1 saturated heterocycles. The Morgan fingerprint density at radius 2 is 1.78 bits per heavy atom. The van der Waals surface area contributed by atoms with Gasteiger partial charge in [0.25, 0.3) is 0 Å². The monoisotopic (exact) mass is 328 g/mol. The van der Waals surface area contributed by atoms with E-state index < -0.39 is 6.61 Å². The molecule has 0 bridgehead atoms. The van der Waals surface area contributed by atoms with E-state index in [0.29, 0.717) is 19.3 Å². The van der Waals surface area contributed by atoms with Gasteiger partial charge in [0, 0.05) is 0 Å². The second-order valence-corrected chi connectivity index (χ2v) is 6.03. The Morgan fingerprint density at radius 3 is 2.39 bits per heavy atom. The molecule has 0 amide bonds. The Hall–Kier alpha value is -1.24. The summed E-state index contributed by atoms with van der Waals surface area (Å²) in [5.41, 5.74) is 1.17. The molecule has 3 rings (SSSR count). The van der Waals surface area contributed by atoms with Crippen molar-refractivity contribution in [3.05, 3.63) is 29.8 Å². The van der Waals surface area contributed by atoms with E-state index in [1.54, 1.807) is 12.1 Å². The van der Waals surface area contributed by atoms with E-state index in [0.717, 1.165) is 32.3 Å². The summed E-state index contributed by atoms with van der Waals surface area (Å²) in [5.74, 6) is 0.661. The summed E-state index contributed by atoms with van der Waals surface area (Å²) in [6.07, 6.45) is 4.56. The summed E-state index contributed by atoms with van der Waals surface area (Å²) in [5, 5.41) is 0. The third kappa shape index (κ3) is 5.41. The van der Waals surface area contributed by atoms with Gasteiger partial charge in [0.1, 0.15) is 18.6 Å². The summed E-state index contributed by atoms with van der Waals surface area (Å²) in [6, 6.07) is 6.97. The fourth-order valence-electron chi connectivity index (χ4n) is 2.97. The molecular weight excluding hydrogens is 306 g/mol. The lowest BCUT2D eigenvalue weighted by Gasteiger charge is -2.28. The van der Waals surface area contributed by atoms with Crippen molar-refractivity contribution >= 4 is 0 Å². The summed E-state index contributed by atoms with van der Waals surface area (Å²) < 4.78 is 44.8. The highest BCUT2D eigenvalue weighted by molar-refractivity contribution is 5.29. The zero-order valence-electron chi connectivity index (χ0n) is 13.0. The molecule has 6 heteroatoms. The van der Waals surface area contributed by atoms with Gasteiger partial charge in [-0.1, -0.05) is 12.1 Å². The number of epoxide rings is 1. The van der Waals surface area contributed by atoms with Gasteiger partial charge < -0.3 is 18.9 Å². The number of alkyl halides is 2. The maximum Gasteiger partial charge on any atom is 0.387 e. The van der Waals surface area contributed by atoms with Gasteiger partial charge >= 0.3 is 6.61 Å². The lowest BCUT2D eigenvalue weighted by atomic mass is 9.83. The summed E-state index contributed by atoms with van der Waals surface area (Å²) in [6.45, 7) is -1.04. The molecule has 0 aromatic heterocycles. The van der Waals surface area contributed by atoms with Crippen LogP contribution in [0.4, 0.5) is 8.78 Å². The third-order valence-electron chi connectivity index (χ3n) is 4.34. The Bertz CT molecular complexity index is 468. The van der Waals surface area contributed by atoms with Crippen molar-refractivity contribution in [2.45, 2.75) is 50.4 Å². The molecule has 1 unspecified atom stereocenters. The van der Waals surface area contributed by atoms with E-state index in [4.69, 9.17) is 14.2 Å². The van der Waals surface area contributed by atoms with Crippen molar-refractivity contribution in [3.63, 3.8) is 0 Å². The Morgan fingerprint density at radius 1 is 1.09 bits per heavy atom. The quantitative estimate of drug-likeness (QED) is 0.414. The minimum Gasteiger partial charge on any atom is -0.435 e. The molecule has 1 aromatic carbocycles. The van der Waals surface area contributed by atoms with E-state index in [1.807, 2.05) is 12.1 Å². The molecule has 0 radical (unpaired) electrons. The highest BCUT2D eigenvalue weighted by Crippen LogP contribution is 2.34. The first kappa shape index (κ1) is 16.6. The Kier molecular flexibility index (Phi) is 5.80. The number of hydrogen-bond donors (Lipinski definition) is 0. The van der Waals surface area contributed by atoms with Crippen LogP contribution in [0.1, 0.15) is 37.2 Å². The topological polar surface area (TPSA) is 40.2 Å². The van der Waals surface area contributed by atoms with Gasteiger partial charge in [-0.2, -0.15) is 8.78 Å². The van der Waals surface area contributed by atoms with Crippen molar-refractivity contribution in [1.82, 2.24) is 0 Å². The van der Waals surface area contributed by atoms with Crippen LogP contribution in [0, 0.1) is 0 Å². The van der Waals surface area contributed by atoms with E-state index in [9.17, 15) is 8.78 Å². The van der Waals surface area contributed by atoms with Crippen LogP contribution < -0.4 is 4.74 Å². The number of rotatable bonds is 8. The number of benzene rings is 1. The SMILES string of the molecule is FC(F)Oc1ccc(C2CCC(OCOCC3CO3)CC2)cc1. The summed E-state index contributed by atoms with van der Waals surface area (Å²) in [4.78, 5) is 0. The van der Waals surface area contributed by atoms with Crippen molar-refractivity contribution in [2.75, 3.05) is 20.0 Å². The van der Waals surface area contributed by atoms with Crippen LogP contribution in [0.15, 0.2) is 24.3 Å². The predicted molar refractivity (Wildman–Crippen MR) is 79.7 cm³/mol. The first-order chi connectivity index (χ1) is 11.2. The molecular formula is C17H22F2O4. The highest BCUT2D eigenvalue weighted by Gasteiger charge is 2.24. The largest absolute Gasteiger partial charge is 0.435 e.